The number of carboxylic acid groups (broad SMARTS) is 1. The van der Waals surface area contributed by atoms with Gasteiger partial charge in [-0.05, 0) is 36.5 Å². The fraction of sp³-hybridized carbons (Fsp3) is 0.524. The maximum Gasteiger partial charge on any atom is 0.313 e. The van der Waals surface area contributed by atoms with Crippen LogP contribution in [0.1, 0.15) is 57.6 Å². The van der Waals surface area contributed by atoms with Crippen molar-refractivity contribution in [1.29, 1.82) is 0 Å². The van der Waals surface area contributed by atoms with E-state index < -0.39 is 11.4 Å². The van der Waals surface area contributed by atoms with Crippen LogP contribution in [0.2, 0.25) is 0 Å². The molecule has 1 aliphatic carbocycles. The molecule has 1 N–H and O–H groups in total. The molecule has 154 valence electrons. The van der Waals surface area contributed by atoms with Crippen molar-refractivity contribution in [2.75, 3.05) is 6.61 Å². The summed E-state index contributed by atoms with van der Waals surface area (Å²) >= 11 is 1.47. The Balaban J connectivity index is 1.59. The summed E-state index contributed by atoms with van der Waals surface area (Å²) in [5, 5.41) is 14.4. The molecular formula is C21H26N4O3S. The number of aliphatic carboxylic acids is 1. The van der Waals surface area contributed by atoms with E-state index in [-0.39, 0.29) is 12.6 Å². The van der Waals surface area contributed by atoms with Crippen molar-refractivity contribution >= 4 is 27.5 Å². The quantitative estimate of drug-likeness (QED) is 0.552. The first-order valence-electron chi connectivity index (χ1n) is 10.2. The Morgan fingerprint density at radius 1 is 1.34 bits per heavy atom. The second kappa shape index (κ2) is 8.10. The van der Waals surface area contributed by atoms with E-state index in [1.54, 1.807) is 12.7 Å². The van der Waals surface area contributed by atoms with Crippen LogP contribution in [0.15, 0.2) is 30.9 Å². The van der Waals surface area contributed by atoms with Crippen LogP contribution in [0.3, 0.4) is 0 Å². The molecule has 8 heteroatoms. The van der Waals surface area contributed by atoms with Crippen LogP contribution < -0.4 is 4.74 Å². The molecule has 29 heavy (non-hydrogen) atoms. The van der Waals surface area contributed by atoms with E-state index in [2.05, 4.69) is 41.0 Å². The Hall–Kier alpha value is -2.48. The Bertz CT molecular complexity index is 977. The van der Waals surface area contributed by atoms with Crippen molar-refractivity contribution in [1.82, 2.24) is 19.7 Å². The van der Waals surface area contributed by atoms with Gasteiger partial charge >= 0.3 is 5.97 Å². The van der Waals surface area contributed by atoms with Crippen molar-refractivity contribution < 1.29 is 14.6 Å². The molecule has 0 radical (unpaired) electrons. The minimum absolute atomic E-state index is 0.119. The number of hydrogen-bond donors (Lipinski definition) is 1. The summed E-state index contributed by atoms with van der Waals surface area (Å²) in [4.78, 5) is 20.2. The zero-order chi connectivity index (χ0) is 20.4. The fourth-order valence-corrected chi connectivity index (χ4v) is 4.99. The Morgan fingerprint density at radius 2 is 2.14 bits per heavy atom. The van der Waals surface area contributed by atoms with E-state index in [9.17, 15) is 9.90 Å². The molecule has 0 amide bonds. The second-order valence-corrected chi connectivity index (χ2v) is 8.82. The number of benzene rings is 1. The number of fused-ring (bicyclic) bond motifs is 1. The van der Waals surface area contributed by atoms with Crippen LogP contribution in [-0.2, 0) is 4.79 Å². The smallest absolute Gasteiger partial charge is 0.313 e. The average molecular weight is 415 g/mol. The van der Waals surface area contributed by atoms with E-state index in [0.717, 1.165) is 29.5 Å². The summed E-state index contributed by atoms with van der Waals surface area (Å²) in [6.07, 6.45) is 7.74. The molecule has 1 unspecified atom stereocenters. The predicted octanol–water partition coefficient (Wildman–Crippen LogP) is 4.55. The van der Waals surface area contributed by atoms with Gasteiger partial charge in [-0.25, -0.2) is 14.6 Å². The van der Waals surface area contributed by atoms with E-state index in [4.69, 9.17) is 4.74 Å². The van der Waals surface area contributed by atoms with Crippen molar-refractivity contribution in [2.24, 2.45) is 11.3 Å². The summed E-state index contributed by atoms with van der Waals surface area (Å²) < 4.78 is 8.79. The molecule has 1 atom stereocenters. The number of rotatable bonds is 9. The third kappa shape index (κ3) is 3.73. The molecule has 2 heterocycles. The van der Waals surface area contributed by atoms with E-state index >= 15 is 0 Å². The Labute approximate surface area is 173 Å². The topological polar surface area (TPSA) is 90.1 Å². The molecule has 0 spiro atoms. The summed E-state index contributed by atoms with van der Waals surface area (Å²) in [5.74, 6) is -0.320. The standard InChI is InChI=1S/C21H26N4O3S/c1-3-14(4-2)18(25-13-22-12-23-25)15-6-7-16-17(10-15)29-20(24-16)28-11-21(19(26)27)8-5-9-21/h6-7,10,12-14,18H,3-5,8-9,11H2,1-2H3,(H,26,27). The van der Waals surface area contributed by atoms with Crippen LogP contribution in [0, 0.1) is 11.3 Å². The van der Waals surface area contributed by atoms with Gasteiger partial charge in [0.1, 0.15) is 24.7 Å². The van der Waals surface area contributed by atoms with E-state index in [1.807, 2.05) is 10.7 Å². The highest BCUT2D eigenvalue weighted by atomic mass is 32.1. The molecule has 3 aromatic rings. The van der Waals surface area contributed by atoms with Crippen molar-refractivity contribution in [2.45, 2.75) is 52.0 Å². The molecule has 1 fully saturated rings. The number of hydrogen-bond acceptors (Lipinski definition) is 6. The van der Waals surface area contributed by atoms with E-state index in [0.29, 0.717) is 24.0 Å². The maximum atomic E-state index is 11.5. The highest BCUT2D eigenvalue weighted by Crippen LogP contribution is 2.42. The summed E-state index contributed by atoms with van der Waals surface area (Å²) in [5.41, 5.74) is 1.30. The molecule has 4 rings (SSSR count). The van der Waals surface area contributed by atoms with Crippen LogP contribution in [-0.4, -0.2) is 37.4 Å². The van der Waals surface area contributed by atoms with Crippen molar-refractivity contribution in [3.63, 3.8) is 0 Å². The zero-order valence-corrected chi connectivity index (χ0v) is 17.6. The highest BCUT2D eigenvalue weighted by Gasteiger charge is 2.45. The summed E-state index contributed by atoms with van der Waals surface area (Å²) in [6, 6.07) is 6.38. The van der Waals surface area contributed by atoms with Gasteiger partial charge in [0.15, 0.2) is 0 Å². The average Bonchev–Trinajstić information content (AvgIpc) is 3.33. The minimum Gasteiger partial charge on any atom is -0.481 e. The number of thiazole rings is 1. The van der Waals surface area contributed by atoms with Crippen LogP contribution in [0.5, 0.6) is 5.19 Å². The lowest BCUT2D eigenvalue weighted by Crippen LogP contribution is -2.43. The third-order valence-electron chi connectivity index (χ3n) is 6.19. The van der Waals surface area contributed by atoms with Crippen LogP contribution in [0.25, 0.3) is 10.2 Å². The lowest BCUT2D eigenvalue weighted by molar-refractivity contribution is -0.157. The fourth-order valence-electron chi connectivity index (χ4n) is 4.13. The zero-order valence-electron chi connectivity index (χ0n) is 16.7. The number of nitrogens with zero attached hydrogens (tertiary/aromatic N) is 4. The molecule has 0 saturated heterocycles. The van der Waals surface area contributed by atoms with Gasteiger partial charge in [-0.2, -0.15) is 5.10 Å². The number of ether oxygens (including phenoxy) is 1. The molecule has 1 aliphatic rings. The van der Waals surface area contributed by atoms with Gasteiger partial charge in [0.05, 0.1) is 16.3 Å². The lowest BCUT2D eigenvalue weighted by atomic mass is 9.69. The van der Waals surface area contributed by atoms with Crippen LogP contribution in [0.4, 0.5) is 0 Å². The SMILES string of the molecule is CCC(CC)C(c1ccc2nc(OCC3(C(=O)O)CCC3)sc2c1)n1cncn1. The maximum absolute atomic E-state index is 11.5. The molecule has 1 saturated carbocycles. The number of carboxylic acids is 1. The molecule has 0 bridgehead atoms. The predicted molar refractivity (Wildman–Crippen MR) is 111 cm³/mol. The number of aromatic nitrogens is 4. The normalized spacial score (nSPS) is 16.7. The van der Waals surface area contributed by atoms with Crippen molar-refractivity contribution in [3.05, 3.63) is 36.4 Å². The van der Waals surface area contributed by atoms with Gasteiger partial charge in [0.2, 0.25) is 0 Å². The van der Waals surface area contributed by atoms with Gasteiger partial charge in [-0.15, -0.1) is 0 Å². The number of carbonyl (C=O) groups is 1. The molecule has 2 aromatic heterocycles. The van der Waals surface area contributed by atoms with Gasteiger partial charge in [-0.3, -0.25) is 4.79 Å². The van der Waals surface area contributed by atoms with Crippen LogP contribution >= 0.6 is 11.3 Å². The Morgan fingerprint density at radius 3 is 2.72 bits per heavy atom. The highest BCUT2D eigenvalue weighted by molar-refractivity contribution is 7.20. The van der Waals surface area contributed by atoms with Gasteiger partial charge < -0.3 is 9.84 Å². The van der Waals surface area contributed by atoms with Gasteiger partial charge in [-0.1, -0.05) is 50.5 Å². The van der Waals surface area contributed by atoms with E-state index in [1.165, 1.54) is 16.9 Å². The lowest BCUT2D eigenvalue weighted by Gasteiger charge is -2.36. The monoisotopic (exact) mass is 414 g/mol. The molecule has 7 nitrogen and oxygen atoms in total. The largest absolute Gasteiger partial charge is 0.481 e. The Kier molecular flexibility index (Phi) is 5.54. The van der Waals surface area contributed by atoms with Gasteiger partial charge in [0.25, 0.3) is 5.19 Å². The second-order valence-electron chi connectivity index (χ2n) is 7.83. The minimum atomic E-state index is -0.770. The van der Waals surface area contributed by atoms with Gasteiger partial charge in [0, 0.05) is 0 Å². The molecular weight excluding hydrogens is 388 g/mol. The first-order valence-corrected chi connectivity index (χ1v) is 11.0. The van der Waals surface area contributed by atoms with Crippen molar-refractivity contribution in [3.8, 4) is 5.19 Å². The molecule has 1 aromatic carbocycles. The summed E-state index contributed by atoms with van der Waals surface area (Å²) in [6.45, 7) is 4.59. The third-order valence-corrected chi connectivity index (χ3v) is 7.12. The first kappa shape index (κ1) is 19.8. The first-order chi connectivity index (χ1) is 14.1. The summed E-state index contributed by atoms with van der Waals surface area (Å²) in [7, 11) is 0. The molecule has 0 aliphatic heterocycles.